The van der Waals surface area contributed by atoms with Crippen LogP contribution >= 0.6 is 0 Å². The van der Waals surface area contributed by atoms with Crippen LogP contribution in [0.5, 0.6) is 0 Å². The highest BCUT2D eigenvalue weighted by Gasteiger charge is 2.20. The molecule has 0 bridgehead atoms. The van der Waals surface area contributed by atoms with Crippen molar-refractivity contribution in [1.82, 2.24) is 20.2 Å². The fourth-order valence-corrected chi connectivity index (χ4v) is 2.77. The average molecular weight is 296 g/mol. The number of hydrogen-bond donors (Lipinski definition) is 1. The predicted molar refractivity (Wildman–Crippen MR) is 80.8 cm³/mol. The van der Waals surface area contributed by atoms with Gasteiger partial charge in [0.25, 0.3) is 0 Å². The molecule has 0 spiro atoms. The Kier molecular flexibility index (Phi) is 6.30. The van der Waals surface area contributed by atoms with E-state index in [9.17, 15) is 4.79 Å². The molecule has 120 valence electrons. The molecule has 0 aliphatic carbocycles. The standard InChI is InChI=1S/C15H28N4O2/c1-6-12(8-14(20)21)10-19-13(16-17-18-19)7-11(2)9-15(3,4)5/h11-12H,6-10H2,1-5H3,(H,20,21). The summed E-state index contributed by atoms with van der Waals surface area (Å²) >= 11 is 0. The number of nitrogens with zero attached hydrogens (tertiary/aromatic N) is 4. The maximum absolute atomic E-state index is 10.9. The van der Waals surface area contributed by atoms with Crippen LogP contribution in [0.4, 0.5) is 0 Å². The van der Waals surface area contributed by atoms with E-state index in [0.717, 1.165) is 25.1 Å². The molecule has 0 aromatic carbocycles. The molecule has 1 aromatic heterocycles. The number of hydrogen-bond acceptors (Lipinski definition) is 4. The second-order valence-electron chi connectivity index (χ2n) is 7.22. The lowest BCUT2D eigenvalue weighted by atomic mass is 9.84. The molecule has 21 heavy (non-hydrogen) atoms. The van der Waals surface area contributed by atoms with Crippen LogP contribution in [-0.4, -0.2) is 31.3 Å². The highest BCUT2D eigenvalue weighted by molar-refractivity contribution is 5.66. The molecule has 2 atom stereocenters. The van der Waals surface area contributed by atoms with Crippen LogP contribution in [0, 0.1) is 17.3 Å². The molecule has 0 radical (unpaired) electrons. The fraction of sp³-hybridized carbons (Fsp3) is 0.867. The lowest BCUT2D eigenvalue weighted by Crippen LogP contribution is -2.19. The van der Waals surface area contributed by atoms with Crippen molar-refractivity contribution in [2.24, 2.45) is 17.3 Å². The van der Waals surface area contributed by atoms with E-state index in [2.05, 4.69) is 43.2 Å². The maximum atomic E-state index is 10.9. The first-order valence-electron chi connectivity index (χ1n) is 7.68. The highest BCUT2D eigenvalue weighted by atomic mass is 16.4. The number of aliphatic carboxylic acids is 1. The summed E-state index contributed by atoms with van der Waals surface area (Å²) in [5.74, 6) is 0.658. The SMILES string of the molecule is CCC(CC(=O)O)Cn1nnnc1CC(C)CC(C)(C)C. The van der Waals surface area contributed by atoms with Crippen molar-refractivity contribution in [3.05, 3.63) is 5.82 Å². The molecular formula is C15H28N4O2. The van der Waals surface area contributed by atoms with Crippen molar-refractivity contribution in [3.8, 4) is 0 Å². The van der Waals surface area contributed by atoms with Gasteiger partial charge in [0.05, 0.1) is 0 Å². The van der Waals surface area contributed by atoms with Crippen LogP contribution in [-0.2, 0) is 17.8 Å². The lowest BCUT2D eigenvalue weighted by Gasteiger charge is -2.23. The fourth-order valence-electron chi connectivity index (χ4n) is 2.77. The van der Waals surface area contributed by atoms with E-state index in [1.165, 1.54) is 0 Å². The van der Waals surface area contributed by atoms with E-state index in [1.807, 2.05) is 6.92 Å². The van der Waals surface area contributed by atoms with E-state index >= 15 is 0 Å². The summed E-state index contributed by atoms with van der Waals surface area (Å²) in [4.78, 5) is 10.9. The largest absolute Gasteiger partial charge is 0.481 e. The van der Waals surface area contributed by atoms with E-state index in [0.29, 0.717) is 12.5 Å². The molecule has 1 rings (SSSR count). The molecule has 0 amide bonds. The summed E-state index contributed by atoms with van der Waals surface area (Å²) in [6.45, 7) is 11.5. The number of aromatic nitrogens is 4. The number of tetrazole rings is 1. The molecule has 1 N–H and O–H groups in total. The Bertz CT molecular complexity index is 451. The van der Waals surface area contributed by atoms with Crippen molar-refractivity contribution in [3.63, 3.8) is 0 Å². The minimum Gasteiger partial charge on any atom is -0.481 e. The molecule has 2 unspecified atom stereocenters. The molecule has 0 saturated carbocycles. The topological polar surface area (TPSA) is 80.9 Å². The highest BCUT2D eigenvalue weighted by Crippen LogP contribution is 2.26. The number of carbonyl (C=O) groups is 1. The van der Waals surface area contributed by atoms with Crippen LogP contribution < -0.4 is 0 Å². The van der Waals surface area contributed by atoms with Gasteiger partial charge >= 0.3 is 5.97 Å². The molecule has 6 nitrogen and oxygen atoms in total. The minimum absolute atomic E-state index is 0.0719. The third kappa shape index (κ3) is 6.69. The predicted octanol–water partition coefficient (Wildman–Crippen LogP) is 2.79. The Balaban J connectivity index is 2.66. The van der Waals surface area contributed by atoms with E-state index in [1.54, 1.807) is 4.68 Å². The van der Waals surface area contributed by atoms with Gasteiger partial charge in [-0.05, 0) is 34.1 Å². The first-order chi connectivity index (χ1) is 9.71. The van der Waals surface area contributed by atoms with Crippen LogP contribution in [0.25, 0.3) is 0 Å². The lowest BCUT2D eigenvalue weighted by molar-refractivity contribution is -0.138. The van der Waals surface area contributed by atoms with Crippen LogP contribution in [0.1, 0.15) is 59.7 Å². The molecule has 6 heteroatoms. The van der Waals surface area contributed by atoms with Gasteiger partial charge in [0, 0.05) is 19.4 Å². The number of carboxylic acids is 1. The monoisotopic (exact) mass is 296 g/mol. The molecule has 0 fully saturated rings. The van der Waals surface area contributed by atoms with Gasteiger partial charge in [0.15, 0.2) is 5.82 Å². The van der Waals surface area contributed by atoms with Crippen LogP contribution in [0.15, 0.2) is 0 Å². The zero-order chi connectivity index (χ0) is 16.0. The van der Waals surface area contributed by atoms with Crippen molar-refractivity contribution < 1.29 is 9.90 Å². The summed E-state index contributed by atoms with van der Waals surface area (Å²) in [5.41, 5.74) is 0.285. The zero-order valence-electron chi connectivity index (χ0n) is 13.8. The average Bonchev–Trinajstić information content (AvgIpc) is 2.72. The van der Waals surface area contributed by atoms with Crippen molar-refractivity contribution in [1.29, 1.82) is 0 Å². The van der Waals surface area contributed by atoms with Gasteiger partial charge in [0.2, 0.25) is 0 Å². The second kappa shape index (κ2) is 7.52. The Morgan fingerprint density at radius 2 is 2.05 bits per heavy atom. The first kappa shape index (κ1) is 17.6. The maximum Gasteiger partial charge on any atom is 0.303 e. The van der Waals surface area contributed by atoms with E-state index in [-0.39, 0.29) is 17.8 Å². The van der Waals surface area contributed by atoms with Gasteiger partial charge in [-0.3, -0.25) is 4.79 Å². The van der Waals surface area contributed by atoms with E-state index in [4.69, 9.17) is 5.11 Å². The van der Waals surface area contributed by atoms with Gasteiger partial charge < -0.3 is 5.11 Å². The van der Waals surface area contributed by atoms with Gasteiger partial charge in [-0.1, -0.05) is 41.0 Å². The van der Waals surface area contributed by atoms with Crippen molar-refractivity contribution in [2.75, 3.05) is 0 Å². The quantitative estimate of drug-likeness (QED) is 0.797. The first-order valence-corrected chi connectivity index (χ1v) is 7.68. The smallest absolute Gasteiger partial charge is 0.303 e. The summed E-state index contributed by atoms with van der Waals surface area (Å²) in [6, 6.07) is 0. The number of rotatable bonds is 8. The minimum atomic E-state index is -0.766. The van der Waals surface area contributed by atoms with Gasteiger partial charge in [-0.2, -0.15) is 0 Å². The molecule has 1 heterocycles. The summed E-state index contributed by atoms with van der Waals surface area (Å²) in [5, 5.41) is 20.8. The van der Waals surface area contributed by atoms with Crippen LogP contribution in [0.2, 0.25) is 0 Å². The Labute approximate surface area is 126 Å². The summed E-state index contributed by atoms with van der Waals surface area (Å²) in [7, 11) is 0. The van der Waals surface area contributed by atoms with Gasteiger partial charge in [-0.25, -0.2) is 4.68 Å². The summed E-state index contributed by atoms with van der Waals surface area (Å²) < 4.78 is 1.77. The number of carboxylic acid groups (broad SMARTS) is 1. The van der Waals surface area contributed by atoms with Crippen LogP contribution in [0.3, 0.4) is 0 Å². The Hall–Kier alpha value is -1.46. The van der Waals surface area contributed by atoms with Gasteiger partial charge in [-0.15, -0.1) is 5.10 Å². The third-order valence-corrected chi connectivity index (χ3v) is 3.57. The zero-order valence-corrected chi connectivity index (χ0v) is 13.8. The van der Waals surface area contributed by atoms with Crippen molar-refractivity contribution >= 4 is 5.97 Å². The third-order valence-electron chi connectivity index (χ3n) is 3.57. The molecule has 0 saturated heterocycles. The Morgan fingerprint density at radius 3 is 2.57 bits per heavy atom. The normalized spacial score (nSPS) is 14.9. The molecule has 1 aromatic rings. The van der Waals surface area contributed by atoms with Crippen molar-refractivity contribution in [2.45, 2.75) is 66.8 Å². The molecule has 0 aliphatic rings. The molecule has 0 aliphatic heterocycles. The van der Waals surface area contributed by atoms with E-state index < -0.39 is 5.97 Å². The molecular weight excluding hydrogens is 268 g/mol. The summed E-state index contributed by atoms with van der Waals surface area (Å²) in [6.07, 6.45) is 2.90. The second-order valence-corrected chi connectivity index (χ2v) is 7.22. The Morgan fingerprint density at radius 1 is 1.38 bits per heavy atom. The van der Waals surface area contributed by atoms with Gasteiger partial charge in [0.1, 0.15) is 0 Å².